The molecule has 0 aromatic heterocycles. The molecule has 0 aliphatic carbocycles. The number of nitrogens with zero attached hydrogens (tertiary/aromatic N) is 1. The molecule has 0 saturated carbocycles. The van der Waals surface area contributed by atoms with Crippen molar-refractivity contribution in [1.29, 1.82) is 0 Å². The SMILES string of the molecule is O=C(O)C1CCCC(=O)N1c1ccc(Br)cc1. The maximum absolute atomic E-state index is 11.8. The highest BCUT2D eigenvalue weighted by Gasteiger charge is 2.33. The second-order valence-corrected chi connectivity index (χ2v) is 4.90. The topological polar surface area (TPSA) is 57.6 Å². The standard InChI is InChI=1S/C12H12BrNO3/c13-8-4-6-9(7-5-8)14-10(12(16)17)2-1-3-11(14)15/h4-7,10H,1-3H2,(H,16,17). The Morgan fingerprint density at radius 2 is 2.00 bits per heavy atom. The van der Waals surface area contributed by atoms with Crippen molar-refractivity contribution in [2.45, 2.75) is 25.3 Å². The first-order chi connectivity index (χ1) is 8.09. The van der Waals surface area contributed by atoms with Crippen LogP contribution in [0, 0.1) is 0 Å². The Hall–Kier alpha value is -1.36. The van der Waals surface area contributed by atoms with Crippen LogP contribution < -0.4 is 4.90 Å². The predicted octanol–water partition coefficient (Wildman–Crippen LogP) is 2.42. The van der Waals surface area contributed by atoms with Crippen molar-refractivity contribution in [1.82, 2.24) is 0 Å². The Morgan fingerprint density at radius 1 is 1.35 bits per heavy atom. The molecule has 17 heavy (non-hydrogen) atoms. The van der Waals surface area contributed by atoms with Crippen LogP contribution in [0.1, 0.15) is 19.3 Å². The molecule has 1 atom stereocenters. The molecule has 1 fully saturated rings. The quantitative estimate of drug-likeness (QED) is 0.912. The molecule has 1 amide bonds. The summed E-state index contributed by atoms with van der Waals surface area (Å²) >= 11 is 3.31. The smallest absolute Gasteiger partial charge is 0.326 e. The average Bonchev–Trinajstić information content (AvgIpc) is 2.30. The second kappa shape index (κ2) is 4.87. The van der Waals surface area contributed by atoms with Crippen LogP contribution in [0.25, 0.3) is 0 Å². The van der Waals surface area contributed by atoms with Gasteiger partial charge < -0.3 is 5.11 Å². The van der Waals surface area contributed by atoms with E-state index in [1.165, 1.54) is 4.90 Å². The Kier molecular flexibility index (Phi) is 3.47. The second-order valence-electron chi connectivity index (χ2n) is 3.99. The normalized spacial score (nSPS) is 20.4. The van der Waals surface area contributed by atoms with Gasteiger partial charge in [0.1, 0.15) is 6.04 Å². The number of anilines is 1. The zero-order chi connectivity index (χ0) is 12.4. The van der Waals surface area contributed by atoms with Gasteiger partial charge in [0, 0.05) is 16.6 Å². The highest BCUT2D eigenvalue weighted by molar-refractivity contribution is 9.10. The van der Waals surface area contributed by atoms with Crippen LogP contribution in [0.15, 0.2) is 28.7 Å². The van der Waals surface area contributed by atoms with Gasteiger partial charge in [0.25, 0.3) is 0 Å². The fourth-order valence-electron chi connectivity index (χ4n) is 2.03. The van der Waals surface area contributed by atoms with Crippen LogP contribution >= 0.6 is 15.9 Å². The number of halogens is 1. The summed E-state index contributed by atoms with van der Waals surface area (Å²) < 4.78 is 0.901. The van der Waals surface area contributed by atoms with Crippen LogP contribution in [-0.2, 0) is 9.59 Å². The van der Waals surface area contributed by atoms with Crippen molar-refractivity contribution < 1.29 is 14.7 Å². The van der Waals surface area contributed by atoms with E-state index < -0.39 is 12.0 Å². The molecule has 1 unspecified atom stereocenters. The lowest BCUT2D eigenvalue weighted by atomic mass is 10.0. The van der Waals surface area contributed by atoms with Crippen molar-refractivity contribution in [2.24, 2.45) is 0 Å². The highest BCUT2D eigenvalue weighted by atomic mass is 79.9. The Balaban J connectivity index is 2.34. The highest BCUT2D eigenvalue weighted by Crippen LogP contribution is 2.27. The molecule has 5 heteroatoms. The Labute approximate surface area is 107 Å². The number of carboxylic acid groups (broad SMARTS) is 1. The number of amides is 1. The van der Waals surface area contributed by atoms with Gasteiger partial charge in [-0.1, -0.05) is 15.9 Å². The molecule has 4 nitrogen and oxygen atoms in total. The molecule has 0 bridgehead atoms. The van der Waals surface area contributed by atoms with Gasteiger partial charge in [-0.2, -0.15) is 0 Å². The molecular weight excluding hydrogens is 286 g/mol. The first kappa shape index (κ1) is 12.1. The molecule has 0 spiro atoms. The van der Waals surface area contributed by atoms with Crippen LogP contribution in [0.5, 0.6) is 0 Å². The molecule has 1 aliphatic heterocycles. The molecule has 1 aliphatic rings. The minimum Gasteiger partial charge on any atom is -0.480 e. The summed E-state index contributed by atoms with van der Waals surface area (Å²) in [6.45, 7) is 0. The van der Waals surface area contributed by atoms with E-state index >= 15 is 0 Å². The number of benzene rings is 1. The summed E-state index contributed by atoms with van der Waals surface area (Å²) in [6.07, 6.45) is 1.57. The number of hydrogen-bond donors (Lipinski definition) is 1. The van der Waals surface area contributed by atoms with E-state index in [9.17, 15) is 9.59 Å². The summed E-state index contributed by atoms with van der Waals surface area (Å²) in [4.78, 5) is 24.4. The van der Waals surface area contributed by atoms with Gasteiger partial charge in [0.05, 0.1) is 0 Å². The monoisotopic (exact) mass is 297 g/mol. The summed E-state index contributed by atoms with van der Waals surface area (Å²) in [7, 11) is 0. The predicted molar refractivity (Wildman–Crippen MR) is 66.9 cm³/mol. The van der Waals surface area contributed by atoms with E-state index in [0.717, 1.165) is 4.47 Å². The number of aliphatic carboxylic acids is 1. The average molecular weight is 298 g/mol. The Bertz CT molecular complexity index is 444. The number of carbonyl (C=O) groups is 2. The third-order valence-corrected chi connectivity index (χ3v) is 3.37. The van der Waals surface area contributed by atoms with Gasteiger partial charge in [-0.05, 0) is 37.1 Å². The van der Waals surface area contributed by atoms with Gasteiger partial charge in [-0.3, -0.25) is 9.69 Å². The Morgan fingerprint density at radius 3 is 2.59 bits per heavy atom. The molecular formula is C12H12BrNO3. The number of carbonyl (C=O) groups excluding carboxylic acids is 1. The lowest BCUT2D eigenvalue weighted by molar-refractivity contribution is -0.141. The van der Waals surface area contributed by atoms with Gasteiger partial charge in [0.15, 0.2) is 0 Å². The van der Waals surface area contributed by atoms with Crippen molar-refractivity contribution in [3.8, 4) is 0 Å². The third-order valence-electron chi connectivity index (χ3n) is 2.84. The van der Waals surface area contributed by atoms with Gasteiger partial charge in [0.2, 0.25) is 5.91 Å². The molecule has 1 aromatic carbocycles. The number of piperidine rings is 1. The maximum Gasteiger partial charge on any atom is 0.326 e. The van der Waals surface area contributed by atoms with Crippen molar-refractivity contribution >= 4 is 33.5 Å². The third kappa shape index (κ3) is 2.49. The van der Waals surface area contributed by atoms with E-state index in [0.29, 0.717) is 24.9 Å². The van der Waals surface area contributed by atoms with Crippen molar-refractivity contribution in [2.75, 3.05) is 4.90 Å². The molecule has 1 N–H and O–H groups in total. The summed E-state index contributed by atoms with van der Waals surface area (Å²) in [6, 6.07) is 6.37. The minimum absolute atomic E-state index is 0.119. The van der Waals surface area contributed by atoms with E-state index in [1.54, 1.807) is 24.3 Å². The van der Waals surface area contributed by atoms with Crippen LogP contribution in [-0.4, -0.2) is 23.0 Å². The van der Waals surface area contributed by atoms with Gasteiger partial charge >= 0.3 is 5.97 Å². The van der Waals surface area contributed by atoms with E-state index in [2.05, 4.69) is 15.9 Å². The van der Waals surface area contributed by atoms with Crippen molar-refractivity contribution in [3.63, 3.8) is 0 Å². The molecule has 1 saturated heterocycles. The molecule has 0 radical (unpaired) electrons. The van der Waals surface area contributed by atoms with Crippen LogP contribution in [0.3, 0.4) is 0 Å². The lowest BCUT2D eigenvalue weighted by Crippen LogP contribution is -2.48. The minimum atomic E-state index is -0.944. The van der Waals surface area contributed by atoms with Crippen LogP contribution in [0.4, 0.5) is 5.69 Å². The zero-order valence-electron chi connectivity index (χ0n) is 9.10. The molecule has 1 aromatic rings. The van der Waals surface area contributed by atoms with Gasteiger partial charge in [-0.15, -0.1) is 0 Å². The van der Waals surface area contributed by atoms with E-state index in [1.807, 2.05) is 0 Å². The van der Waals surface area contributed by atoms with Gasteiger partial charge in [-0.25, -0.2) is 4.79 Å². The fraction of sp³-hybridized carbons (Fsp3) is 0.333. The molecule has 1 heterocycles. The van der Waals surface area contributed by atoms with Crippen LogP contribution in [0.2, 0.25) is 0 Å². The number of rotatable bonds is 2. The zero-order valence-corrected chi connectivity index (χ0v) is 10.7. The molecule has 2 rings (SSSR count). The number of carboxylic acids is 1. The fourth-order valence-corrected chi connectivity index (χ4v) is 2.29. The first-order valence-electron chi connectivity index (χ1n) is 5.40. The molecule has 90 valence electrons. The number of hydrogen-bond acceptors (Lipinski definition) is 2. The first-order valence-corrected chi connectivity index (χ1v) is 6.19. The summed E-state index contributed by atoms with van der Waals surface area (Å²) in [5, 5.41) is 9.14. The lowest BCUT2D eigenvalue weighted by Gasteiger charge is -2.32. The maximum atomic E-state index is 11.8. The van der Waals surface area contributed by atoms with Crippen molar-refractivity contribution in [3.05, 3.63) is 28.7 Å². The van der Waals surface area contributed by atoms with E-state index in [4.69, 9.17) is 5.11 Å². The van der Waals surface area contributed by atoms with E-state index in [-0.39, 0.29) is 5.91 Å². The largest absolute Gasteiger partial charge is 0.480 e. The summed E-state index contributed by atoms with van der Waals surface area (Å²) in [5.74, 6) is -1.06. The summed E-state index contributed by atoms with van der Waals surface area (Å²) in [5.41, 5.74) is 0.644.